The maximum atomic E-state index is 12.5. The SMILES string of the molecule is O=C1CN(Cc2ccc(-c3ccccc3)cc2)CCN1c1cc(Cl)ncn1. The van der Waals surface area contributed by atoms with Crippen LogP contribution in [-0.4, -0.2) is 40.4 Å². The smallest absolute Gasteiger partial charge is 0.242 e. The van der Waals surface area contributed by atoms with Gasteiger partial charge >= 0.3 is 0 Å². The molecule has 0 bridgehead atoms. The minimum atomic E-state index is 0.0249. The minimum Gasteiger partial charge on any atom is -0.294 e. The van der Waals surface area contributed by atoms with Crippen molar-refractivity contribution in [3.8, 4) is 11.1 Å². The van der Waals surface area contributed by atoms with Crippen LogP contribution in [0.4, 0.5) is 5.82 Å². The minimum absolute atomic E-state index is 0.0249. The van der Waals surface area contributed by atoms with Gasteiger partial charge in [-0.3, -0.25) is 14.6 Å². The first-order chi connectivity index (χ1) is 13.2. The largest absolute Gasteiger partial charge is 0.294 e. The fraction of sp³-hybridized carbons (Fsp3) is 0.190. The van der Waals surface area contributed by atoms with Crippen molar-refractivity contribution in [2.75, 3.05) is 24.5 Å². The molecule has 0 atom stereocenters. The summed E-state index contributed by atoms with van der Waals surface area (Å²) in [5.74, 6) is 0.587. The highest BCUT2D eigenvalue weighted by atomic mass is 35.5. The van der Waals surface area contributed by atoms with Crippen LogP contribution >= 0.6 is 11.6 Å². The average Bonchev–Trinajstić information content (AvgIpc) is 2.69. The van der Waals surface area contributed by atoms with Crippen molar-refractivity contribution in [1.82, 2.24) is 14.9 Å². The van der Waals surface area contributed by atoms with Crippen molar-refractivity contribution in [2.24, 2.45) is 0 Å². The van der Waals surface area contributed by atoms with Gasteiger partial charge in [0.25, 0.3) is 0 Å². The Labute approximate surface area is 163 Å². The quantitative estimate of drug-likeness (QED) is 0.650. The van der Waals surface area contributed by atoms with E-state index in [1.807, 2.05) is 18.2 Å². The highest BCUT2D eigenvalue weighted by Gasteiger charge is 2.26. The Morgan fingerprint density at radius 1 is 0.926 bits per heavy atom. The molecule has 0 saturated carbocycles. The summed E-state index contributed by atoms with van der Waals surface area (Å²) in [5, 5.41) is 0.341. The zero-order valence-corrected chi connectivity index (χ0v) is 15.5. The van der Waals surface area contributed by atoms with Gasteiger partial charge in [-0.2, -0.15) is 0 Å². The highest BCUT2D eigenvalue weighted by Crippen LogP contribution is 2.21. The summed E-state index contributed by atoms with van der Waals surface area (Å²) < 4.78 is 0. The molecule has 1 aliphatic rings. The summed E-state index contributed by atoms with van der Waals surface area (Å²) in [7, 11) is 0. The lowest BCUT2D eigenvalue weighted by Gasteiger charge is -2.33. The van der Waals surface area contributed by atoms with Crippen LogP contribution in [0.3, 0.4) is 0 Å². The van der Waals surface area contributed by atoms with Crippen LogP contribution in [0.1, 0.15) is 5.56 Å². The second kappa shape index (κ2) is 7.86. The third-order valence-electron chi connectivity index (χ3n) is 4.66. The number of rotatable bonds is 4. The molecule has 1 aromatic heterocycles. The Hall–Kier alpha value is -2.76. The van der Waals surface area contributed by atoms with E-state index in [0.717, 1.165) is 13.1 Å². The maximum Gasteiger partial charge on any atom is 0.242 e. The molecule has 0 aliphatic carbocycles. The monoisotopic (exact) mass is 378 g/mol. The third kappa shape index (κ3) is 4.15. The lowest BCUT2D eigenvalue weighted by molar-refractivity contribution is -0.121. The number of benzene rings is 2. The Kier molecular flexibility index (Phi) is 5.14. The van der Waals surface area contributed by atoms with Gasteiger partial charge in [-0.05, 0) is 16.7 Å². The number of carbonyl (C=O) groups excluding carboxylic acids is 1. The maximum absolute atomic E-state index is 12.5. The third-order valence-corrected chi connectivity index (χ3v) is 4.87. The van der Waals surface area contributed by atoms with Crippen molar-refractivity contribution in [2.45, 2.75) is 6.54 Å². The highest BCUT2D eigenvalue weighted by molar-refractivity contribution is 6.29. The molecule has 0 unspecified atom stereocenters. The zero-order chi connectivity index (χ0) is 18.6. The molecular weight excluding hydrogens is 360 g/mol. The van der Waals surface area contributed by atoms with E-state index in [1.54, 1.807) is 11.0 Å². The predicted molar refractivity (Wildman–Crippen MR) is 107 cm³/mol. The summed E-state index contributed by atoms with van der Waals surface area (Å²) in [4.78, 5) is 24.4. The van der Waals surface area contributed by atoms with E-state index in [0.29, 0.717) is 24.1 Å². The molecule has 0 spiro atoms. The van der Waals surface area contributed by atoms with Crippen LogP contribution in [0.2, 0.25) is 5.15 Å². The summed E-state index contributed by atoms with van der Waals surface area (Å²) in [6.07, 6.45) is 1.38. The molecule has 5 nitrogen and oxygen atoms in total. The Morgan fingerprint density at radius 2 is 1.67 bits per heavy atom. The molecule has 1 fully saturated rings. The lowest BCUT2D eigenvalue weighted by atomic mass is 10.0. The normalized spacial score (nSPS) is 15.1. The summed E-state index contributed by atoms with van der Waals surface area (Å²) in [6, 6.07) is 20.4. The first-order valence-electron chi connectivity index (χ1n) is 8.84. The molecule has 136 valence electrons. The van der Waals surface area contributed by atoms with Gasteiger partial charge in [-0.1, -0.05) is 66.2 Å². The molecule has 2 aromatic carbocycles. The van der Waals surface area contributed by atoms with Gasteiger partial charge in [0.1, 0.15) is 17.3 Å². The van der Waals surface area contributed by atoms with E-state index in [1.165, 1.54) is 23.0 Å². The van der Waals surface area contributed by atoms with Crippen LogP contribution in [0.15, 0.2) is 67.0 Å². The standard InChI is InChI=1S/C21H19ClN4O/c22-19-12-20(24-15-23-19)26-11-10-25(14-21(26)27)13-16-6-8-18(9-7-16)17-4-2-1-3-5-17/h1-9,12,15H,10-11,13-14H2. The zero-order valence-electron chi connectivity index (χ0n) is 14.8. The van der Waals surface area contributed by atoms with E-state index in [4.69, 9.17) is 11.6 Å². The van der Waals surface area contributed by atoms with Crippen molar-refractivity contribution in [3.05, 3.63) is 77.7 Å². The van der Waals surface area contributed by atoms with Gasteiger partial charge in [0.05, 0.1) is 6.54 Å². The lowest BCUT2D eigenvalue weighted by Crippen LogP contribution is -2.50. The molecule has 1 aliphatic heterocycles. The fourth-order valence-electron chi connectivity index (χ4n) is 3.26. The molecule has 27 heavy (non-hydrogen) atoms. The topological polar surface area (TPSA) is 49.3 Å². The van der Waals surface area contributed by atoms with Gasteiger partial charge in [0.15, 0.2) is 0 Å². The van der Waals surface area contributed by atoms with E-state index in [-0.39, 0.29) is 5.91 Å². The van der Waals surface area contributed by atoms with Gasteiger partial charge in [0.2, 0.25) is 5.91 Å². The Balaban J connectivity index is 1.39. The number of halogens is 1. The number of hydrogen-bond donors (Lipinski definition) is 0. The molecule has 1 amide bonds. The van der Waals surface area contributed by atoms with E-state index in [9.17, 15) is 4.79 Å². The first-order valence-corrected chi connectivity index (χ1v) is 9.21. The van der Waals surface area contributed by atoms with E-state index in [2.05, 4.69) is 51.3 Å². The number of hydrogen-bond acceptors (Lipinski definition) is 4. The Bertz CT molecular complexity index is 930. The van der Waals surface area contributed by atoms with Crippen LogP contribution in [0.5, 0.6) is 0 Å². The number of amides is 1. The molecule has 6 heteroatoms. The van der Waals surface area contributed by atoms with Crippen molar-refractivity contribution in [3.63, 3.8) is 0 Å². The second-order valence-electron chi connectivity index (χ2n) is 6.52. The molecule has 0 N–H and O–H groups in total. The molecule has 2 heterocycles. The van der Waals surface area contributed by atoms with Gasteiger partial charge < -0.3 is 0 Å². The molecule has 3 aromatic rings. The Morgan fingerprint density at radius 3 is 2.37 bits per heavy atom. The second-order valence-corrected chi connectivity index (χ2v) is 6.91. The number of aromatic nitrogens is 2. The van der Waals surface area contributed by atoms with Gasteiger partial charge in [0, 0.05) is 25.7 Å². The summed E-state index contributed by atoms with van der Waals surface area (Å²) >= 11 is 5.91. The number of piperazine rings is 1. The van der Waals surface area contributed by atoms with Crippen molar-refractivity contribution >= 4 is 23.3 Å². The molecule has 4 rings (SSSR count). The summed E-state index contributed by atoms with van der Waals surface area (Å²) in [5.41, 5.74) is 3.60. The van der Waals surface area contributed by atoms with Crippen LogP contribution in [0, 0.1) is 0 Å². The van der Waals surface area contributed by atoms with Crippen molar-refractivity contribution in [1.29, 1.82) is 0 Å². The van der Waals surface area contributed by atoms with Crippen LogP contribution in [-0.2, 0) is 11.3 Å². The fourth-order valence-corrected chi connectivity index (χ4v) is 3.40. The molecule has 0 radical (unpaired) electrons. The number of nitrogens with zero attached hydrogens (tertiary/aromatic N) is 4. The van der Waals surface area contributed by atoms with Crippen LogP contribution < -0.4 is 4.90 Å². The average molecular weight is 379 g/mol. The molecule has 1 saturated heterocycles. The van der Waals surface area contributed by atoms with Gasteiger partial charge in [-0.15, -0.1) is 0 Å². The van der Waals surface area contributed by atoms with Gasteiger partial charge in [-0.25, -0.2) is 9.97 Å². The predicted octanol–water partition coefficient (Wildman–Crippen LogP) is 3.65. The van der Waals surface area contributed by atoms with Crippen molar-refractivity contribution < 1.29 is 4.79 Å². The van der Waals surface area contributed by atoms with Crippen LogP contribution in [0.25, 0.3) is 11.1 Å². The van der Waals surface area contributed by atoms with E-state index >= 15 is 0 Å². The molecular formula is C21H19ClN4O. The number of anilines is 1. The summed E-state index contributed by atoms with van der Waals surface area (Å²) in [6.45, 7) is 2.49. The number of carbonyl (C=O) groups is 1. The first kappa shape index (κ1) is 17.6. The van der Waals surface area contributed by atoms with E-state index < -0.39 is 0 Å².